The Morgan fingerprint density at radius 2 is 1.65 bits per heavy atom. The summed E-state index contributed by atoms with van der Waals surface area (Å²) in [6.07, 6.45) is 7.95. The van der Waals surface area contributed by atoms with Gasteiger partial charge in [0.05, 0.1) is 32.2 Å². The summed E-state index contributed by atoms with van der Waals surface area (Å²) in [6.45, 7) is 6.85. The van der Waals surface area contributed by atoms with Crippen LogP contribution >= 0.6 is 11.8 Å². The van der Waals surface area contributed by atoms with Crippen LogP contribution in [0.2, 0.25) is 0 Å². The second-order valence-electron chi connectivity index (χ2n) is 6.41. The molecule has 20 heavy (non-hydrogen) atoms. The average molecular weight is 292 g/mol. The van der Waals surface area contributed by atoms with Gasteiger partial charge < -0.3 is 9.80 Å². The predicted octanol–water partition coefficient (Wildman–Crippen LogP) is 0.635. The number of benzene rings is 1. The fourth-order valence-corrected chi connectivity index (χ4v) is 4.29. The largest absolute Gasteiger partial charge is 0.332 e. The highest BCUT2D eigenvalue weighted by molar-refractivity contribution is 7.98. The molecule has 0 unspecified atom stereocenters. The zero-order valence-corrected chi connectivity index (χ0v) is 13.5. The molecule has 0 saturated carbocycles. The molecule has 1 aromatic carbocycles. The number of hydrogen-bond donors (Lipinski definition) is 2. The van der Waals surface area contributed by atoms with Crippen molar-refractivity contribution in [3.05, 3.63) is 29.8 Å². The van der Waals surface area contributed by atoms with Gasteiger partial charge in [0.15, 0.2) is 0 Å². The molecule has 0 spiro atoms. The summed E-state index contributed by atoms with van der Waals surface area (Å²) in [5.41, 5.74) is 1.50. The Morgan fingerprint density at radius 3 is 2.25 bits per heavy atom. The van der Waals surface area contributed by atoms with Crippen molar-refractivity contribution in [1.29, 1.82) is 0 Å². The Bertz CT molecular complexity index is 404. The Morgan fingerprint density at radius 1 is 1.00 bits per heavy atom. The first-order valence-electron chi connectivity index (χ1n) is 8.16. The molecule has 2 heterocycles. The molecule has 2 fully saturated rings. The summed E-state index contributed by atoms with van der Waals surface area (Å²) in [7, 11) is 0. The molecule has 0 radical (unpaired) electrons. The summed E-state index contributed by atoms with van der Waals surface area (Å²) in [5, 5.41) is 0. The molecule has 0 bridgehead atoms. The maximum atomic E-state index is 2.32. The molecular weight excluding hydrogens is 264 g/mol. The molecular formula is C17H28N2S+2. The number of hydrogen-bond acceptors (Lipinski definition) is 1. The molecule has 2 saturated heterocycles. The van der Waals surface area contributed by atoms with E-state index in [4.69, 9.17) is 0 Å². The van der Waals surface area contributed by atoms with Gasteiger partial charge in [-0.1, -0.05) is 12.1 Å². The second-order valence-corrected chi connectivity index (χ2v) is 7.29. The predicted molar refractivity (Wildman–Crippen MR) is 85.6 cm³/mol. The lowest BCUT2D eigenvalue weighted by atomic mass is 10.0. The van der Waals surface area contributed by atoms with Crippen LogP contribution in [0.25, 0.3) is 0 Å². The van der Waals surface area contributed by atoms with Crippen molar-refractivity contribution in [2.45, 2.75) is 43.2 Å². The van der Waals surface area contributed by atoms with E-state index in [1.165, 1.54) is 68.9 Å². The van der Waals surface area contributed by atoms with E-state index in [0.717, 1.165) is 6.04 Å². The third-order valence-electron chi connectivity index (χ3n) is 5.13. The van der Waals surface area contributed by atoms with E-state index in [0.29, 0.717) is 0 Å². The number of rotatable bonds is 4. The van der Waals surface area contributed by atoms with Gasteiger partial charge in [0, 0.05) is 36.1 Å². The zero-order valence-electron chi connectivity index (χ0n) is 12.7. The molecule has 110 valence electrons. The monoisotopic (exact) mass is 292 g/mol. The maximum absolute atomic E-state index is 2.32. The van der Waals surface area contributed by atoms with Gasteiger partial charge in [-0.05, 0) is 18.4 Å². The van der Waals surface area contributed by atoms with Crippen molar-refractivity contribution >= 4 is 11.8 Å². The van der Waals surface area contributed by atoms with Crippen molar-refractivity contribution < 1.29 is 9.80 Å². The minimum absolute atomic E-state index is 0.972. The van der Waals surface area contributed by atoms with Crippen LogP contribution in [0.3, 0.4) is 0 Å². The Balaban J connectivity index is 1.47. The Labute approximate surface area is 127 Å². The first kappa shape index (κ1) is 14.4. The van der Waals surface area contributed by atoms with Gasteiger partial charge in [0.25, 0.3) is 0 Å². The molecule has 3 heteroatoms. The average Bonchev–Trinajstić information content (AvgIpc) is 3.03. The number of likely N-dealkylation sites (tertiary alicyclic amines) is 2. The molecule has 0 aromatic heterocycles. The van der Waals surface area contributed by atoms with E-state index in [2.05, 4.69) is 30.5 Å². The van der Waals surface area contributed by atoms with Crippen LogP contribution in [-0.4, -0.2) is 38.5 Å². The van der Waals surface area contributed by atoms with Crippen molar-refractivity contribution in [1.82, 2.24) is 0 Å². The van der Waals surface area contributed by atoms with E-state index in [1.54, 1.807) is 4.90 Å². The van der Waals surface area contributed by atoms with Crippen LogP contribution in [0, 0.1) is 0 Å². The molecule has 0 amide bonds. The van der Waals surface area contributed by atoms with Gasteiger partial charge >= 0.3 is 0 Å². The minimum atomic E-state index is 0.972. The quantitative estimate of drug-likeness (QED) is 0.774. The third kappa shape index (κ3) is 3.57. The molecule has 1 aromatic rings. The number of quaternary nitrogens is 2. The topological polar surface area (TPSA) is 8.88 Å². The summed E-state index contributed by atoms with van der Waals surface area (Å²) in [6, 6.07) is 10.1. The van der Waals surface area contributed by atoms with Crippen molar-refractivity contribution in [2.75, 3.05) is 32.4 Å². The van der Waals surface area contributed by atoms with Crippen LogP contribution in [0.5, 0.6) is 0 Å². The first-order chi connectivity index (χ1) is 9.85. The highest BCUT2D eigenvalue weighted by Crippen LogP contribution is 2.14. The highest BCUT2D eigenvalue weighted by atomic mass is 32.2. The molecule has 0 aliphatic carbocycles. The fourth-order valence-electron chi connectivity index (χ4n) is 3.88. The standard InChI is InChI=1S/C17H26N2S/c1-20-17-6-4-15(5-7-17)14-18-12-8-16(9-13-18)19-10-2-3-11-19/h4-7,16H,2-3,8-14H2,1H3/p+2. The van der Waals surface area contributed by atoms with Gasteiger partial charge in [-0.15, -0.1) is 11.8 Å². The van der Waals surface area contributed by atoms with E-state index in [1.807, 2.05) is 16.7 Å². The fraction of sp³-hybridized carbons (Fsp3) is 0.647. The maximum Gasteiger partial charge on any atom is 0.103 e. The zero-order chi connectivity index (χ0) is 13.8. The van der Waals surface area contributed by atoms with Crippen molar-refractivity contribution in [3.63, 3.8) is 0 Å². The van der Waals surface area contributed by atoms with E-state index < -0.39 is 0 Å². The normalized spacial score (nSPS) is 27.9. The van der Waals surface area contributed by atoms with Gasteiger partial charge in [-0.2, -0.15) is 0 Å². The molecule has 2 N–H and O–H groups in total. The number of nitrogens with one attached hydrogen (secondary N) is 2. The van der Waals surface area contributed by atoms with Crippen LogP contribution < -0.4 is 9.80 Å². The number of thioether (sulfide) groups is 1. The lowest BCUT2D eigenvalue weighted by Gasteiger charge is -2.32. The van der Waals surface area contributed by atoms with Crippen LogP contribution in [-0.2, 0) is 6.54 Å². The van der Waals surface area contributed by atoms with Gasteiger partial charge in [-0.3, -0.25) is 0 Å². The van der Waals surface area contributed by atoms with Crippen LogP contribution in [0.4, 0.5) is 0 Å². The third-order valence-corrected chi connectivity index (χ3v) is 5.87. The molecule has 0 atom stereocenters. The van der Waals surface area contributed by atoms with Crippen LogP contribution in [0.1, 0.15) is 31.2 Å². The van der Waals surface area contributed by atoms with E-state index in [-0.39, 0.29) is 0 Å². The van der Waals surface area contributed by atoms with Crippen LogP contribution in [0.15, 0.2) is 29.2 Å². The van der Waals surface area contributed by atoms with E-state index in [9.17, 15) is 0 Å². The van der Waals surface area contributed by atoms with E-state index >= 15 is 0 Å². The molecule has 2 aliphatic heterocycles. The number of piperidine rings is 1. The Hall–Kier alpha value is -0.510. The van der Waals surface area contributed by atoms with Crippen molar-refractivity contribution in [2.24, 2.45) is 0 Å². The highest BCUT2D eigenvalue weighted by Gasteiger charge is 2.31. The second kappa shape index (κ2) is 6.97. The molecule has 3 rings (SSSR count). The molecule has 2 aliphatic rings. The lowest BCUT2D eigenvalue weighted by Crippen LogP contribution is -3.19. The van der Waals surface area contributed by atoms with Gasteiger partial charge in [0.1, 0.15) is 6.54 Å². The smallest absolute Gasteiger partial charge is 0.103 e. The Kier molecular flexibility index (Phi) is 5.03. The first-order valence-corrected chi connectivity index (χ1v) is 9.38. The summed E-state index contributed by atoms with van der Waals surface area (Å²) in [4.78, 5) is 5.07. The van der Waals surface area contributed by atoms with Crippen molar-refractivity contribution in [3.8, 4) is 0 Å². The summed E-state index contributed by atoms with van der Waals surface area (Å²) in [5.74, 6) is 0. The van der Waals surface area contributed by atoms with Gasteiger partial charge in [0.2, 0.25) is 0 Å². The SMILES string of the molecule is CSc1ccc(C[NH+]2CCC([NH+]3CCCC3)CC2)cc1. The van der Waals surface area contributed by atoms with Gasteiger partial charge in [-0.25, -0.2) is 0 Å². The molecule has 2 nitrogen and oxygen atoms in total. The summed E-state index contributed by atoms with van der Waals surface area (Å²) >= 11 is 1.83. The summed E-state index contributed by atoms with van der Waals surface area (Å²) < 4.78 is 0. The minimum Gasteiger partial charge on any atom is -0.332 e. The lowest BCUT2D eigenvalue weighted by molar-refractivity contribution is -0.957.